The summed E-state index contributed by atoms with van der Waals surface area (Å²) in [4.78, 5) is 28.2. The van der Waals surface area contributed by atoms with Crippen LogP contribution in [0.5, 0.6) is 0 Å². The molecular weight excluding hydrogens is 349 g/mol. The van der Waals surface area contributed by atoms with Crippen LogP contribution < -0.4 is 5.48 Å². The molecular formula is C20H26FN3O3. The molecule has 1 aliphatic carbocycles. The topological polar surface area (TPSA) is 72.9 Å². The van der Waals surface area contributed by atoms with Gasteiger partial charge in [-0.1, -0.05) is 0 Å². The molecule has 1 spiro atoms. The molecule has 2 aliphatic heterocycles. The van der Waals surface area contributed by atoms with Crippen LogP contribution in [-0.2, 0) is 17.8 Å². The number of amides is 2. The van der Waals surface area contributed by atoms with Crippen molar-refractivity contribution >= 4 is 11.8 Å². The number of nitrogens with zero attached hydrogens (tertiary/aromatic N) is 2. The molecule has 2 N–H and O–H groups in total. The van der Waals surface area contributed by atoms with Crippen molar-refractivity contribution in [2.45, 2.75) is 63.6 Å². The van der Waals surface area contributed by atoms with Gasteiger partial charge >= 0.3 is 0 Å². The van der Waals surface area contributed by atoms with Crippen LogP contribution in [0.3, 0.4) is 0 Å². The number of hydrogen-bond acceptors (Lipinski definition) is 4. The van der Waals surface area contributed by atoms with E-state index in [4.69, 9.17) is 5.21 Å². The average Bonchev–Trinajstić information content (AvgIpc) is 2.66. The van der Waals surface area contributed by atoms with Crippen molar-refractivity contribution in [2.75, 3.05) is 13.1 Å². The minimum Gasteiger partial charge on any atom is -0.336 e. The summed E-state index contributed by atoms with van der Waals surface area (Å²) in [5, 5.41) is 8.79. The van der Waals surface area contributed by atoms with Gasteiger partial charge in [0.05, 0.1) is 5.54 Å². The summed E-state index contributed by atoms with van der Waals surface area (Å²) in [6.07, 6.45) is 5.94. The first-order valence-electron chi connectivity index (χ1n) is 9.74. The molecule has 27 heavy (non-hydrogen) atoms. The highest BCUT2D eigenvalue weighted by Gasteiger charge is 2.55. The molecule has 2 heterocycles. The van der Waals surface area contributed by atoms with Gasteiger partial charge in [0.2, 0.25) is 5.91 Å². The Labute approximate surface area is 158 Å². The van der Waals surface area contributed by atoms with Crippen LogP contribution in [0.15, 0.2) is 12.1 Å². The number of likely N-dealkylation sites (tertiary alicyclic amines) is 1. The van der Waals surface area contributed by atoms with Crippen molar-refractivity contribution in [1.29, 1.82) is 0 Å². The van der Waals surface area contributed by atoms with Gasteiger partial charge in [-0.3, -0.25) is 19.7 Å². The number of fused-ring (bicyclic) bond motifs is 1. The Morgan fingerprint density at radius 1 is 1.26 bits per heavy atom. The van der Waals surface area contributed by atoms with E-state index in [0.29, 0.717) is 18.5 Å². The van der Waals surface area contributed by atoms with E-state index in [2.05, 4.69) is 9.80 Å². The molecule has 0 unspecified atom stereocenters. The van der Waals surface area contributed by atoms with E-state index < -0.39 is 11.7 Å². The summed E-state index contributed by atoms with van der Waals surface area (Å²) in [5.41, 5.74) is 3.06. The molecule has 1 aromatic carbocycles. The number of carbonyl (C=O) groups is 2. The van der Waals surface area contributed by atoms with Gasteiger partial charge in [0, 0.05) is 43.7 Å². The van der Waals surface area contributed by atoms with Gasteiger partial charge in [-0.25, -0.2) is 9.87 Å². The molecule has 0 radical (unpaired) electrons. The third-order valence-electron chi connectivity index (χ3n) is 6.75. The van der Waals surface area contributed by atoms with E-state index in [1.54, 1.807) is 18.5 Å². The zero-order valence-electron chi connectivity index (χ0n) is 15.6. The normalized spacial score (nSPS) is 27.8. The highest BCUT2D eigenvalue weighted by molar-refractivity contribution is 5.93. The number of hydroxylamine groups is 1. The fourth-order valence-electron chi connectivity index (χ4n) is 5.37. The Balaban J connectivity index is 1.58. The standard InChI is InChI=1S/C20H26FN3O3/c1-13(25)24-8-3-2-6-20(24)7-4-18(20)23-9-5-14-10-15(19(26)22-27)11-17(21)16(14)12-23/h10-11,18,27H,2-9,12H2,1H3,(H,22,26)/t18-,20+/m1/s1. The lowest BCUT2D eigenvalue weighted by Gasteiger charge is -2.61. The molecule has 2 atom stereocenters. The van der Waals surface area contributed by atoms with Crippen molar-refractivity contribution in [2.24, 2.45) is 0 Å². The van der Waals surface area contributed by atoms with E-state index in [-0.39, 0.29) is 23.1 Å². The quantitative estimate of drug-likeness (QED) is 0.614. The molecule has 7 heteroatoms. The van der Waals surface area contributed by atoms with Crippen LogP contribution in [0.25, 0.3) is 0 Å². The Hall–Kier alpha value is -1.99. The van der Waals surface area contributed by atoms with Crippen LogP contribution in [0.4, 0.5) is 4.39 Å². The Morgan fingerprint density at radius 2 is 2.07 bits per heavy atom. The van der Waals surface area contributed by atoms with Crippen molar-refractivity contribution < 1.29 is 19.2 Å². The van der Waals surface area contributed by atoms with E-state index in [0.717, 1.165) is 50.8 Å². The van der Waals surface area contributed by atoms with Crippen LogP contribution >= 0.6 is 0 Å². The molecule has 2 amide bonds. The van der Waals surface area contributed by atoms with Gasteiger partial charge in [0.25, 0.3) is 5.91 Å². The summed E-state index contributed by atoms with van der Waals surface area (Å²) in [6, 6.07) is 3.13. The molecule has 1 saturated heterocycles. The van der Waals surface area contributed by atoms with Gasteiger partial charge in [0.1, 0.15) is 5.82 Å². The van der Waals surface area contributed by atoms with Crippen molar-refractivity contribution in [1.82, 2.24) is 15.3 Å². The van der Waals surface area contributed by atoms with Gasteiger partial charge in [-0.05, 0) is 56.2 Å². The summed E-state index contributed by atoms with van der Waals surface area (Å²) in [5.74, 6) is -0.963. The Morgan fingerprint density at radius 3 is 2.74 bits per heavy atom. The van der Waals surface area contributed by atoms with Crippen LogP contribution in [-0.4, -0.2) is 51.5 Å². The SMILES string of the molecule is CC(=O)N1CCCC[C@@]12CC[C@H]2N1CCc2cc(C(=O)NO)cc(F)c2C1. The molecule has 3 aliphatic rings. The first-order valence-corrected chi connectivity index (χ1v) is 9.74. The third kappa shape index (κ3) is 2.93. The maximum Gasteiger partial charge on any atom is 0.274 e. The monoisotopic (exact) mass is 375 g/mol. The van der Waals surface area contributed by atoms with Gasteiger partial charge in [-0.15, -0.1) is 0 Å². The Bertz CT molecular complexity index is 784. The van der Waals surface area contributed by atoms with E-state index >= 15 is 0 Å². The van der Waals surface area contributed by atoms with Crippen molar-refractivity contribution in [3.63, 3.8) is 0 Å². The number of hydrogen-bond donors (Lipinski definition) is 2. The minimum atomic E-state index is -0.698. The van der Waals surface area contributed by atoms with Crippen molar-refractivity contribution in [3.8, 4) is 0 Å². The van der Waals surface area contributed by atoms with Crippen LogP contribution in [0.2, 0.25) is 0 Å². The smallest absolute Gasteiger partial charge is 0.274 e. The molecule has 2 fully saturated rings. The first kappa shape index (κ1) is 18.4. The van der Waals surface area contributed by atoms with Crippen molar-refractivity contribution in [3.05, 3.63) is 34.6 Å². The lowest BCUT2D eigenvalue weighted by Crippen LogP contribution is -2.71. The number of carbonyl (C=O) groups excluding carboxylic acids is 2. The average molecular weight is 375 g/mol. The summed E-state index contributed by atoms with van der Waals surface area (Å²) < 4.78 is 14.7. The van der Waals surface area contributed by atoms with E-state index in [1.165, 1.54) is 6.07 Å². The largest absolute Gasteiger partial charge is 0.336 e. The highest BCUT2D eigenvalue weighted by Crippen LogP contribution is 2.48. The van der Waals surface area contributed by atoms with Gasteiger partial charge in [-0.2, -0.15) is 0 Å². The number of benzene rings is 1. The molecule has 4 rings (SSSR count). The van der Waals surface area contributed by atoms with Crippen LogP contribution in [0.1, 0.15) is 60.5 Å². The second-order valence-electron chi connectivity index (χ2n) is 8.04. The second-order valence-corrected chi connectivity index (χ2v) is 8.04. The molecule has 1 aromatic rings. The zero-order chi connectivity index (χ0) is 19.2. The predicted octanol–water partition coefficient (Wildman–Crippen LogP) is 2.24. The number of nitrogens with one attached hydrogen (secondary N) is 1. The van der Waals surface area contributed by atoms with E-state index in [9.17, 15) is 14.0 Å². The fraction of sp³-hybridized carbons (Fsp3) is 0.600. The number of rotatable bonds is 2. The van der Waals surface area contributed by atoms with Gasteiger partial charge in [0.15, 0.2) is 0 Å². The fourth-order valence-corrected chi connectivity index (χ4v) is 5.37. The Kier molecular flexibility index (Phi) is 4.68. The van der Waals surface area contributed by atoms with E-state index in [1.807, 2.05) is 0 Å². The zero-order valence-corrected chi connectivity index (χ0v) is 15.6. The van der Waals surface area contributed by atoms with Gasteiger partial charge < -0.3 is 4.90 Å². The molecule has 6 nitrogen and oxygen atoms in total. The first-order chi connectivity index (χ1) is 13.0. The molecule has 0 aromatic heterocycles. The molecule has 1 saturated carbocycles. The number of piperidine rings is 1. The summed E-state index contributed by atoms with van der Waals surface area (Å²) in [6.45, 7) is 3.76. The maximum absolute atomic E-state index is 14.7. The lowest BCUT2D eigenvalue weighted by atomic mass is 9.64. The highest BCUT2D eigenvalue weighted by atomic mass is 19.1. The molecule has 146 valence electrons. The number of halogens is 1. The second kappa shape index (κ2) is 6.87. The lowest BCUT2D eigenvalue weighted by molar-refractivity contribution is -0.153. The third-order valence-corrected chi connectivity index (χ3v) is 6.75. The van der Waals surface area contributed by atoms with Crippen LogP contribution in [0, 0.1) is 5.82 Å². The minimum absolute atomic E-state index is 0.0885. The maximum atomic E-state index is 14.7. The molecule has 0 bridgehead atoms. The predicted molar refractivity (Wildman–Crippen MR) is 96.8 cm³/mol. The summed E-state index contributed by atoms with van der Waals surface area (Å²) >= 11 is 0. The summed E-state index contributed by atoms with van der Waals surface area (Å²) in [7, 11) is 0.